The Morgan fingerprint density at radius 3 is 2.89 bits per heavy atom. The van der Waals surface area contributed by atoms with Crippen LogP contribution in [0.5, 0.6) is 5.88 Å². The van der Waals surface area contributed by atoms with Crippen molar-refractivity contribution in [2.45, 2.75) is 33.7 Å². The number of ether oxygens (including phenoxy) is 1. The monoisotopic (exact) mass is 277 g/mol. The van der Waals surface area contributed by atoms with Crippen molar-refractivity contribution in [3.63, 3.8) is 0 Å². The first-order chi connectivity index (χ1) is 9.26. The van der Waals surface area contributed by atoms with Gasteiger partial charge < -0.3 is 10.1 Å². The van der Waals surface area contributed by atoms with Crippen LogP contribution in [0.4, 0.5) is 5.82 Å². The van der Waals surface area contributed by atoms with Gasteiger partial charge in [0.2, 0.25) is 5.88 Å². The molecular weight excluding hydrogens is 258 g/mol. The first-order valence-electron chi connectivity index (χ1n) is 6.49. The number of hydrogen-bond donors (Lipinski definition) is 1. The van der Waals surface area contributed by atoms with Crippen molar-refractivity contribution in [3.8, 4) is 5.88 Å². The van der Waals surface area contributed by atoms with Gasteiger partial charge in [0, 0.05) is 4.88 Å². The third-order valence-corrected chi connectivity index (χ3v) is 3.92. The van der Waals surface area contributed by atoms with Gasteiger partial charge in [0.05, 0.1) is 18.7 Å². The van der Waals surface area contributed by atoms with E-state index in [4.69, 9.17) is 4.74 Å². The van der Waals surface area contributed by atoms with E-state index in [9.17, 15) is 0 Å². The normalized spacial score (nSPS) is 10.5. The maximum atomic E-state index is 5.47. The van der Waals surface area contributed by atoms with Gasteiger partial charge in [-0.05, 0) is 37.3 Å². The van der Waals surface area contributed by atoms with Crippen LogP contribution < -0.4 is 10.1 Å². The molecule has 0 aliphatic heterocycles. The Morgan fingerprint density at radius 2 is 2.16 bits per heavy atom. The maximum absolute atomic E-state index is 5.47. The van der Waals surface area contributed by atoms with Crippen molar-refractivity contribution in [1.29, 1.82) is 0 Å². The van der Waals surface area contributed by atoms with Gasteiger partial charge in [-0.3, -0.25) is 0 Å². The van der Waals surface area contributed by atoms with Crippen molar-refractivity contribution in [1.82, 2.24) is 9.97 Å². The summed E-state index contributed by atoms with van der Waals surface area (Å²) in [4.78, 5) is 9.77. The van der Waals surface area contributed by atoms with Crippen molar-refractivity contribution in [2.24, 2.45) is 0 Å². The molecule has 0 aliphatic carbocycles. The van der Waals surface area contributed by atoms with Crippen molar-refractivity contribution >= 4 is 17.2 Å². The largest absolute Gasteiger partial charge is 0.478 e. The van der Waals surface area contributed by atoms with Gasteiger partial charge in [-0.25, -0.2) is 9.97 Å². The van der Waals surface area contributed by atoms with Gasteiger partial charge in [-0.15, -0.1) is 11.3 Å². The first-order valence-corrected chi connectivity index (χ1v) is 7.37. The lowest BCUT2D eigenvalue weighted by Crippen LogP contribution is -2.06. The van der Waals surface area contributed by atoms with Crippen LogP contribution in [0.3, 0.4) is 0 Å². The van der Waals surface area contributed by atoms with Gasteiger partial charge >= 0.3 is 0 Å². The van der Waals surface area contributed by atoms with Crippen molar-refractivity contribution in [2.75, 3.05) is 11.9 Å². The minimum atomic E-state index is 0.613. The van der Waals surface area contributed by atoms with Crippen LogP contribution >= 0.6 is 11.3 Å². The van der Waals surface area contributed by atoms with Crippen molar-refractivity contribution < 1.29 is 4.74 Å². The molecule has 0 unspecified atom stereocenters. The summed E-state index contributed by atoms with van der Waals surface area (Å²) in [5.74, 6) is 1.50. The SMILES string of the molecule is CCOc1ncnc(NCc2sccc2CC)c1C. The Labute approximate surface area is 117 Å². The Bertz CT molecular complexity index is 539. The molecule has 0 saturated carbocycles. The minimum Gasteiger partial charge on any atom is -0.478 e. The zero-order valence-electron chi connectivity index (χ0n) is 11.6. The van der Waals surface area contributed by atoms with Crippen LogP contribution in [-0.4, -0.2) is 16.6 Å². The second-order valence-electron chi connectivity index (χ2n) is 4.16. The Hall–Kier alpha value is -1.62. The minimum absolute atomic E-state index is 0.613. The molecule has 2 aromatic rings. The van der Waals surface area contributed by atoms with E-state index in [0.29, 0.717) is 12.5 Å². The molecule has 0 saturated heterocycles. The number of anilines is 1. The summed E-state index contributed by atoms with van der Waals surface area (Å²) in [6.07, 6.45) is 2.60. The number of rotatable bonds is 6. The molecule has 2 rings (SSSR count). The Balaban J connectivity index is 2.09. The molecular formula is C14H19N3OS. The molecule has 0 radical (unpaired) electrons. The van der Waals surface area contributed by atoms with Gasteiger partial charge in [0.25, 0.3) is 0 Å². The Morgan fingerprint density at radius 1 is 1.32 bits per heavy atom. The highest BCUT2D eigenvalue weighted by atomic mass is 32.1. The number of nitrogens with one attached hydrogen (secondary N) is 1. The zero-order valence-corrected chi connectivity index (χ0v) is 12.4. The Kier molecular flexibility index (Phi) is 4.74. The molecule has 2 heterocycles. The summed E-state index contributed by atoms with van der Waals surface area (Å²) < 4.78 is 5.47. The average Bonchev–Trinajstić information content (AvgIpc) is 2.87. The predicted molar refractivity (Wildman–Crippen MR) is 79.0 cm³/mol. The lowest BCUT2D eigenvalue weighted by Gasteiger charge is -2.11. The second kappa shape index (κ2) is 6.52. The topological polar surface area (TPSA) is 47.0 Å². The van der Waals surface area contributed by atoms with Gasteiger partial charge in [0.15, 0.2) is 0 Å². The highest BCUT2D eigenvalue weighted by molar-refractivity contribution is 7.10. The number of aromatic nitrogens is 2. The quantitative estimate of drug-likeness (QED) is 0.879. The summed E-state index contributed by atoms with van der Waals surface area (Å²) in [5, 5.41) is 5.50. The number of nitrogens with zero attached hydrogens (tertiary/aromatic N) is 2. The highest BCUT2D eigenvalue weighted by Gasteiger charge is 2.08. The fraction of sp³-hybridized carbons (Fsp3) is 0.429. The molecule has 0 bridgehead atoms. The molecule has 0 fully saturated rings. The molecule has 0 aliphatic rings. The van der Waals surface area contributed by atoms with Gasteiger partial charge in [-0.2, -0.15) is 0 Å². The fourth-order valence-corrected chi connectivity index (χ4v) is 2.81. The molecule has 0 aromatic carbocycles. The van der Waals surface area contributed by atoms with E-state index >= 15 is 0 Å². The summed E-state index contributed by atoms with van der Waals surface area (Å²) in [6.45, 7) is 7.51. The third-order valence-electron chi connectivity index (χ3n) is 2.95. The smallest absolute Gasteiger partial charge is 0.221 e. The summed E-state index contributed by atoms with van der Waals surface area (Å²) in [7, 11) is 0. The standard InChI is InChI=1S/C14H19N3OS/c1-4-11-6-7-19-12(11)8-15-13-10(3)14(18-5-2)17-9-16-13/h6-7,9H,4-5,8H2,1-3H3,(H,15,16,17). The molecule has 5 heteroatoms. The van der Waals surface area contributed by atoms with E-state index in [1.165, 1.54) is 16.8 Å². The number of thiophene rings is 1. The van der Waals surface area contributed by atoms with Gasteiger partial charge in [0.1, 0.15) is 12.1 Å². The molecule has 4 nitrogen and oxygen atoms in total. The molecule has 1 N–H and O–H groups in total. The maximum Gasteiger partial charge on any atom is 0.221 e. The van der Waals surface area contributed by atoms with Crippen LogP contribution in [0.1, 0.15) is 29.9 Å². The van der Waals surface area contributed by atoms with Crippen LogP contribution in [0.2, 0.25) is 0 Å². The molecule has 0 atom stereocenters. The van der Waals surface area contributed by atoms with Crippen LogP contribution in [-0.2, 0) is 13.0 Å². The first kappa shape index (κ1) is 13.8. The van der Waals surface area contributed by atoms with E-state index in [1.54, 1.807) is 11.3 Å². The molecule has 102 valence electrons. The second-order valence-corrected chi connectivity index (χ2v) is 5.16. The predicted octanol–water partition coefficient (Wildman–Crippen LogP) is 3.42. The number of hydrogen-bond acceptors (Lipinski definition) is 5. The molecule has 19 heavy (non-hydrogen) atoms. The highest BCUT2D eigenvalue weighted by Crippen LogP contribution is 2.23. The lowest BCUT2D eigenvalue weighted by atomic mass is 10.2. The van der Waals surface area contributed by atoms with E-state index < -0.39 is 0 Å². The van der Waals surface area contributed by atoms with Gasteiger partial charge in [-0.1, -0.05) is 6.92 Å². The van der Waals surface area contributed by atoms with Crippen LogP contribution in [0.15, 0.2) is 17.8 Å². The molecule has 0 spiro atoms. The lowest BCUT2D eigenvalue weighted by molar-refractivity contribution is 0.324. The fourth-order valence-electron chi connectivity index (χ4n) is 1.90. The summed E-state index contributed by atoms with van der Waals surface area (Å²) in [6, 6.07) is 2.18. The molecule has 0 amide bonds. The van der Waals surface area contributed by atoms with E-state index in [2.05, 4.69) is 33.7 Å². The van der Waals surface area contributed by atoms with E-state index in [1.807, 2.05) is 13.8 Å². The summed E-state index contributed by atoms with van der Waals surface area (Å²) >= 11 is 1.78. The van der Waals surface area contributed by atoms with Crippen LogP contribution in [0, 0.1) is 6.92 Å². The van der Waals surface area contributed by atoms with E-state index in [-0.39, 0.29) is 0 Å². The van der Waals surface area contributed by atoms with E-state index in [0.717, 1.165) is 24.3 Å². The van der Waals surface area contributed by atoms with Crippen LogP contribution in [0.25, 0.3) is 0 Å². The summed E-state index contributed by atoms with van der Waals surface area (Å²) in [5.41, 5.74) is 2.35. The van der Waals surface area contributed by atoms with Crippen molar-refractivity contribution in [3.05, 3.63) is 33.8 Å². The zero-order chi connectivity index (χ0) is 13.7. The average molecular weight is 277 g/mol. The molecule has 2 aromatic heterocycles. The third kappa shape index (κ3) is 3.23. The number of aryl methyl sites for hydroxylation is 1.